The maximum absolute atomic E-state index is 12.6. The van der Waals surface area contributed by atoms with Gasteiger partial charge in [-0.3, -0.25) is 4.79 Å². The van der Waals surface area contributed by atoms with Crippen LogP contribution >= 0.6 is 0 Å². The summed E-state index contributed by atoms with van der Waals surface area (Å²) in [6.07, 6.45) is 2.65. The summed E-state index contributed by atoms with van der Waals surface area (Å²) in [6.45, 7) is 2.98. The first-order valence-corrected chi connectivity index (χ1v) is 12.1. The number of likely N-dealkylation sites (tertiary alicyclic amines) is 1. The lowest BCUT2D eigenvalue weighted by Crippen LogP contribution is -2.52. The number of carboxylic acid groups (broad SMARTS) is 1. The van der Waals surface area contributed by atoms with E-state index in [1.165, 1.54) is 27.2 Å². The molecule has 0 saturated carbocycles. The molecule has 0 radical (unpaired) electrons. The summed E-state index contributed by atoms with van der Waals surface area (Å²) in [5.74, 6) is -1.02. The second-order valence-electron chi connectivity index (χ2n) is 9.05. The van der Waals surface area contributed by atoms with Gasteiger partial charge in [-0.1, -0.05) is 55.5 Å². The smallest absolute Gasteiger partial charge is 0.407 e. The molecule has 1 heterocycles. The van der Waals surface area contributed by atoms with Crippen molar-refractivity contribution in [2.24, 2.45) is 0 Å². The molecular formula is C27H32N2O5. The number of rotatable bonds is 9. The number of alkyl carbamates (subject to hydrolysis) is 1. The van der Waals surface area contributed by atoms with Crippen LogP contribution in [0.3, 0.4) is 0 Å². The number of carbonyl (C=O) groups excluding carboxylic acids is 2. The lowest BCUT2D eigenvalue weighted by Gasteiger charge is -2.34. The van der Waals surface area contributed by atoms with Crippen LogP contribution in [-0.2, 0) is 14.3 Å². The number of carboxylic acids is 1. The van der Waals surface area contributed by atoms with Crippen molar-refractivity contribution in [1.82, 2.24) is 10.2 Å². The second kappa shape index (κ2) is 10.3. The van der Waals surface area contributed by atoms with Gasteiger partial charge in [0.05, 0.1) is 0 Å². The van der Waals surface area contributed by atoms with E-state index in [0.717, 1.165) is 6.42 Å². The average molecular weight is 465 g/mol. The maximum atomic E-state index is 12.6. The zero-order chi connectivity index (χ0) is 24.1. The fourth-order valence-corrected chi connectivity index (χ4v) is 5.36. The predicted octanol–water partition coefficient (Wildman–Crippen LogP) is 4.55. The Balaban J connectivity index is 1.20. The quantitative estimate of drug-likeness (QED) is 0.531. The van der Waals surface area contributed by atoms with Crippen molar-refractivity contribution in [3.63, 3.8) is 0 Å². The fraction of sp³-hybridized carbons (Fsp3) is 0.444. The molecule has 0 spiro atoms. The van der Waals surface area contributed by atoms with Gasteiger partial charge in [0.2, 0.25) is 5.91 Å². The maximum Gasteiger partial charge on any atom is 0.407 e. The monoisotopic (exact) mass is 464 g/mol. The number of ether oxygens (including phenoxy) is 1. The highest BCUT2D eigenvalue weighted by atomic mass is 16.5. The van der Waals surface area contributed by atoms with E-state index >= 15 is 0 Å². The molecule has 2 aromatic rings. The van der Waals surface area contributed by atoms with E-state index in [2.05, 4.69) is 29.6 Å². The summed E-state index contributed by atoms with van der Waals surface area (Å²) in [6, 6.07) is 16.4. The number of benzene rings is 2. The molecule has 2 aliphatic rings. The van der Waals surface area contributed by atoms with Crippen molar-refractivity contribution in [3.8, 4) is 11.1 Å². The molecule has 4 rings (SSSR count). The Morgan fingerprint density at radius 1 is 1.06 bits per heavy atom. The van der Waals surface area contributed by atoms with Gasteiger partial charge in [0.25, 0.3) is 0 Å². The highest BCUT2D eigenvalue weighted by Crippen LogP contribution is 2.44. The molecule has 0 aromatic heterocycles. The van der Waals surface area contributed by atoms with Gasteiger partial charge in [0.15, 0.2) is 0 Å². The van der Waals surface area contributed by atoms with E-state index in [1.807, 2.05) is 31.2 Å². The van der Waals surface area contributed by atoms with Crippen LogP contribution in [0.15, 0.2) is 48.5 Å². The lowest BCUT2D eigenvalue weighted by molar-refractivity contribution is -0.156. The van der Waals surface area contributed by atoms with Gasteiger partial charge in [-0.15, -0.1) is 0 Å². The molecule has 2 aromatic carbocycles. The van der Waals surface area contributed by atoms with Crippen molar-refractivity contribution in [2.45, 2.75) is 56.9 Å². The minimum Gasteiger partial charge on any atom is -0.479 e. The van der Waals surface area contributed by atoms with Crippen LogP contribution in [0, 0.1) is 0 Å². The van der Waals surface area contributed by atoms with E-state index in [-0.39, 0.29) is 24.9 Å². The van der Waals surface area contributed by atoms with Crippen LogP contribution in [0.25, 0.3) is 11.1 Å². The van der Waals surface area contributed by atoms with E-state index in [1.54, 1.807) is 0 Å². The summed E-state index contributed by atoms with van der Waals surface area (Å²) in [5, 5.41) is 12.4. The lowest BCUT2D eigenvalue weighted by atomic mass is 9.92. The number of hydrogen-bond acceptors (Lipinski definition) is 4. The van der Waals surface area contributed by atoms with Crippen molar-refractivity contribution < 1.29 is 24.2 Å². The van der Waals surface area contributed by atoms with Gasteiger partial charge in [0.1, 0.15) is 12.1 Å². The largest absolute Gasteiger partial charge is 0.479 e. The molecule has 7 nitrogen and oxygen atoms in total. The number of amides is 2. The van der Waals surface area contributed by atoms with Gasteiger partial charge in [-0.2, -0.15) is 0 Å². The van der Waals surface area contributed by atoms with Crippen molar-refractivity contribution in [2.75, 3.05) is 19.7 Å². The highest BCUT2D eigenvalue weighted by molar-refractivity contribution is 5.87. The molecular weight excluding hydrogens is 432 g/mol. The summed E-state index contributed by atoms with van der Waals surface area (Å²) in [7, 11) is 0. The van der Waals surface area contributed by atoms with Gasteiger partial charge in [-0.05, 0) is 54.4 Å². The van der Waals surface area contributed by atoms with Crippen molar-refractivity contribution >= 4 is 18.0 Å². The molecule has 1 unspecified atom stereocenters. The Kier molecular flexibility index (Phi) is 7.20. The summed E-state index contributed by atoms with van der Waals surface area (Å²) in [5.41, 5.74) is 3.65. The zero-order valence-corrected chi connectivity index (χ0v) is 19.6. The van der Waals surface area contributed by atoms with Crippen LogP contribution in [0.5, 0.6) is 0 Å². The summed E-state index contributed by atoms with van der Waals surface area (Å²) in [4.78, 5) is 38.2. The van der Waals surface area contributed by atoms with E-state index < -0.39 is 17.6 Å². The minimum absolute atomic E-state index is 0.0179. The molecule has 7 heteroatoms. The van der Waals surface area contributed by atoms with E-state index in [4.69, 9.17) is 4.74 Å². The standard InChI is InChI=1S/C27H32N2O5/c1-2-27(25(31)32)15-9-17-29(27)24(30)14-7-8-16-28-26(33)34-18-23-21-12-5-3-10-19(21)20-11-4-6-13-22(20)23/h3-6,10-13,23H,2,7-9,14-18H2,1H3,(H,28,33)(H,31,32). The highest BCUT2D eigenvalue weighted by Gasteiger charge is 2.48. The molecule has 1 aliphatic carbocycles. The van der Waals surface area contributed by atoms with Crippen LogP contribution in [0.1, 0.15) is 62.5 Å². The predicted molar refractivity (Wildman–Crippen MR) is 129 cm³/mol. The third kappa shape index (κ3) is 4.52. The van der Waals surface area contributed by atoms with Crippen LogP contribution in [-0.4, -0.2) is 53.2 Å². The van der Waals surface area contributed by atoms with Crippen LogP contribution in [0.4, 0.5) is 4.79 Å². The average Bonchev–Trinajstić information content (AvgIpc) is 3.43. The topological polar surface area (TPSA) is 95.9 Å². The number of carbonyl (C=O) groups is 3. The Bertz CT molecular complexity index is 1020. The molecule has 0 bridgehead atoms. The van der Waals surface area contributed by atoms with Crippen molar-refractivity contribution in [1.29, 1.82) is 0 Å². The molecule has 2 N–H and O–H groups in total. The van der Waals surface area contributed by atoms with Gasteiger partial charge < -0.3 is 20.1 Å². The first-order chi connectivity index (χ1) is 16.5. The Hall–Kier alpha value is -3.35. The third-order valence-electron chi connectivity index (χ3n) is 7.20. The number of hydrogen-bond donors (Lipinski definition) is 2. The van der Waals surface area contributed by atoms with E-state index in [0.29, 0.717) is 38.8 Å². The van der Waals surface area contributed by atoms with Crippen molar-refractivity contribution in [3.05, 3.63) is 59.7 Å². The minimum atomic E-state index is -1.06. The van der Waals surface area contributed by atoms with Gasteiger partial charge in [0, 0.05) is 25.4 Å². The zero-order valence-electron chi connectivity index (χ0n) is 19.6. The number of aliphatic carboxylic acids is 1. The first-order valence-electron chi connectivity index (χ1n) is 12.1. The fourth-order valence-electron chi connectivity index (χ4n) is 5.36. The molecule has 2 amide bonds. The Morgan fingerprint density at radius 3 is 2.32 bits per heavy atom. The molecule has 180 valence electrons. The Morgan fingerprint density at radius 2 is 1.71 bits per heavy atom. The van der Waals surface area contributed by atoms with E-state index in [9.17, 15) is 19.5 Å². The molecule has 34 heavy (non-hydrogen) atoms. The SMILES string of the molecule is CCC1(C(=O)O)CCCN1C(=O)CCCCNC(=O)OCC1c2ccccc2-c2ccccc21. The van der Waals surface area contributed by atoms with Gasteiger partial charge >= 0.3 is 12.1 Å². The third-order valence-corrected chi connectivity index (χ3v) is 7.20. The number of nitrogens with zero attached hydrogens (tertiary/aromatic N) is 1. The van der Waals surface area contributed by atoms with Crippen LogP contribution in [0.2, 0.25) is 0 Å². The molecule has 1 fully saturated rings. The summed E-state index contributed by atoms with van der Waals surface area (Å²) < 4.78 is 5.53. The normalized spacial score (nSPS) is 18.9. The first kappa shape index (κ1) is 23.8. The number of nitrogens with one attached hydrogen (secondary N) is 1. The number of fused-ring (bicyclic) bond motifs is 3. The van der Waals surface area contributed by atoms with Gasteiger partial charge in [-0.25, -0.2) is 9.59 Å². The second-order valence-corrected chi connectivity index (χ2v) is 9.05. The molecule has 1 atom stereocenters. The van der Waals surface area contributed by atoms with Crippen LogP contribution < -0.4 is 5.32 Å². The molecule has 1 aliphatic heterocycles. The summed E-state index contributed by atoms with van der Waals surface area (Å²) >= 11 is 0. The Labute approximate surface area is 200 Å². The molecule has 1 saturated heterocycles. The number of unbranched alkanes of at least 4 members (excludes halogenated alkanes) is 1.